The normalized spacial score (nSPS) is 11.8. The molecule has 3 rings (SSSR count). The van der Waals surface area contributed by atoms with Crippen molar-refractivity contribution in [1.29, 1.82) is 0 Å². The van der Waals surface area contributed by atoms with E-state index in [-0.39, 0.29) is 11.9 Å². The van der Waals surface area contributed by atoms with Crippen LogP contribution in [0, 0.1) is 13.8 Å². The van der Waals surface area contributed by atoms with E-state index in [4.69, 9.17) is 0 Å². The second kappa shape index (κ2) is 8.68. The maximum absolute atomic E-state index is 12.9. The maximum atomic E-state index is 12.9. The summed E-state index contributed by atoms with van der Waals surface area (Å²) in [6, 6.07) is 24.6. The van der Waals surface area contributed by atoms with Crippen molar-refractivity contribution >= 4 is 5.91 Å². The van der Waals surface area contributed by atoms with Crippen LogP contribution in [0.3, 0.4) is 0 Å². The van der Waals surface area contributed by atoms with Crippen LogP contribution in [0.5, 0.6) is 0 Å². The molecule has 27 heavy (non-hydrogen) atoms. The van der Waals surface area contributed by atoms with Gasteiger partial charge in [0.2, 0.25) is 0 Å². The van der Waals surface area contributed by atoms with Crippen molar-refractivity contribution in [3.8, 4) is 0 Å². The van der Waals surface area contributed by atoms with Crippen LogP contribution in [0.15, 0.2) is 72.8 Å². The molecule has 1 amide bonds. The minimum Gasteiger partial charge on any atom is -0.346 e. The van der Waals surface area contributed by atoms with Gasteiger partial charge >= 0.3 is 0 Å². The van der Waals surface area contributed by atoms with Crippen molar-refractivity contribution < 1.29 is 4.79 Å². The van der Waals surface area contributed by atoms with Gasteiger partial charge in [-0.25, -0.2) is 0 Å². The molecule has 3 aromatic carbocycles. The van der Waals surface area contributed by atoms with Crippen LogP contribution >= 0.6 is 0 Å². The summed E-state index contributed by atoms with van der Waals surface area (Å²) < 4.78 is 0. The summed E-state index contributed by atoms with van der Waals surface area (Å²) >= 11 is 0. The highest BCUT2D eigenvalue weighted by molar-refractivity contribution is 5.95. The fraction of sp³-hybridized carbons (Fsp3) is 0.240. The van der Waals surface area contributed by atoms with Crippen molar-refractivity contribution in [1.82, 2.24) is 5.32 Å². The second-order valence-electron chi connectivity index (χ2n) is 7.18. The molecule has 2 nitrogen and oxygen atoms in total. The van der Waals surface area contributed by atoms with Gasteiger partial charge in [0, 0.05) is 5.56 Å². The first-order chi connectivity index (χ1) is 13.0. The van der Waals surface area contributed by atoms with Crippen LogP contribution in [-0.2, 0) is 12.8 Å². The molecular formula is C25H27NO. The van der Waals surface area contributed by atoms with Crippen LogP contribution in [0.1, 0.15) is 51.1 Å². The highest BCUT2D eigenvalue weighted by atomic mass is 16.1. The predicted octanol–water partition coefficient (Wildman–Crippen LogP) is 5.58. The molecule has 0 heterocycles. The van der Waals surface area contributed by atoms with Gasteiger partial charge in [0.1, 0.15) is 0 Å². The molecule has 2 heteroatoms. The number of rotatable bonds is 6. The van der Waals surface area contributed by atoms with E-state index >= 15 is 0 Å². The van der Waals surface area contributed by atoms with E-state index in [9.17, 15) is 4.79 Å². The molecule has 3 aromatic rings. The quantitative estimate of drug-likeness (QED) is 0.613. The lowest BCUT2D eigenvalue weighted by atomic mass is 9.98. The molecule has 1 atom stereocenters. The summed E-state index contributed by atoms with van der Waals surface area (Å²) in [5.41, 5.74) is 6.79. The number of nitrogens with one attached hydrogen (secondary N) is 1. The molecule has 0 unspecified atom stereocenters. The number of aryl methyl sites for hydroxylation is 4. The Hall–Kier alpha value is -2.87. The van der Waals surface area contributed by atoms with Gasteiger partial charge in [0.15, 0.2) is 0 Å². The van der Waals surface area contributed by atoms with E-state index in [0.29, 0.717) is 0 Å². The number of carbonyl (C=O) groups excluding carboxylic acids is 1. The lowest BCUT2D eigenvalue weighted by Crippen LogP contribution is -2.27. The average molecular weight is 357 g/mol. The first-order valence-electron chi connectivity index (χ1n) is 9.54. The van der Waals surface area contributed by atoms with Crippen LogP contribution in [0.2, 0.25) is 0 Å². The highest BCUT2D eigenvalue weighted by Crippen LogP contribution is 2.19. The Morgan fingerprint density at radius 3 is 2.30 bits per heavy atom. The fourth-order valence-electron chi connectivity index (χ4n) is 3.28. The lowest BCUT2D eigenvalue weighted by Gasteiger charge is -2.17. The average Bonchev–Trinajstić information content (AvgIpc) is 2.69. The molecule has 0 aliphatic carbocycles. The molecule has 0 fully saturated rings. The minimum atomic E-state index is -0.0287. The molecule has 0 spiro atoms. The zero-order chi connectivity index (χ0) is 19.2. The van der Waals surface area contributed by atoms with Gasteiger partial charge in [-0.2, -0.15) is 0 Å². The van der Waals surface area contributed by atoms with Gasteiger partial charge in [-0.15, -0.1) is 0 Å². The maximum Gasteiger partial charge on any atom is 0.252 e. The smallest absolute Gasteiger partial charge is 0.252 e. The van der Waals surface area contributed by atoms with Crippen LogP contribution < -0.4 is 5.32 Å². The van der Waals surface area contributed by atoms with E-state index in [1.807, 2.05) is 31.2 Å². The van der Waals surface area contributed by atoms with Gasteiger partial charge in [-0.1, -0.05) is 66.7 Å². The Kier molecular flexibility index (Phi) is 6.08. The first kappa shape index (κ1) is 18.9. The highest BCUT2D eigenvalue weighted by Gasteiger charge is 2.15. The van der Waals surface area contributed by atoms with Gasteiger partial charge in [0.05, 0.1) is 6.04 Å². The number of benzene rings is 3. The van der Waals surface area contributed by atoms with Gasteiger partial charge in [-0.05, 0) is 67.5 Å². The molecule has 0 bridgehead atoms. The zero-order valence-electron chi connectivity index (χ0n) is 16.3. The summed E-state index contributed by atoms with van der Waals surface area (Å²) in [4.78, 5) is 12.9. The summed E-state index contributed by atoms with van der Waals surface area (Å²) in [6.45, 7) is 6.24. The summed E-state index contributed by atoms with van der Waals surface area (Å²) in [5, 5.41) is 3.16. The fourth-order valence-corrected chi connectivity index (χ4v) is 3.28. The third-order valence-corrected chi connectivity index (χ3v) is 5.17. The van der Waals surface area contributed by atoms with Gasteiger partial charge in [-0.3, -0.25) is 4.79 Å². The first-order valence-corrected chi connectivity index (χ1v) is 9.54. The molecule has 0 aliphatic rings. The van der Waals surface area contributed by atoms with E-state index in [0.717, 1.165) is 29.5 Å². The summed E-state index contributed by atoms with van der Waals surface area (Å²) in [5.74, 6) is -0.00982. The molecule has 0 radical (unpaired) electrons. The summed E-state index contributed by atoms with van der Waals surface area (Å²) in [7, 11) is 0. The Morgan fingerprint density at radius 1 is 0.852 bits per heavy atom. The molecular weight excluding hydrogens is 330 g/mol. The minimum absolute atomic E-state index is 0.00982. The van der Waals surface area contributed by atoms with E-state index in [1.165, 1.54) is 16.7 Å². The lowest BCUT2D eigenvalue weighted by molar-refractivity contribution is 0.0939. The third-order valence-electron chi connectivity index (χ3n) is 5.17. The number of hydrogen-bond acceptors (Lipinski definition) is 1. The van der Waals surface area contributed by atoms with E-state index in [2.05, 4.69) is 67.7 Å². The monoisotopic (exact) mass is 357 g/mol. The Labute approximate surface area is 162 Å². The number of carbonyl (C=O) groups is 1. The molecule has 138 valence electrons. The molecule has 0 saturated heterocycles. The zero-order valence-corrected chi connectivity index (χ0v) is 16.3. The Bertz CT molecular complexity index is 915. The van der Waals surface area contributed by atoms with Crippen molar-refractivity contribution in [3.05, 3.63) is 106 Å². The SMILES string of the molecule is Cc1ccc([C@@H](C)NC(=O)c2ccccc2CCc2ccccc2)cc1C. The van der Waals surface area contributed by atoms with Crippen molar-refractivity contribution in [2.75, 3.05) is 0 Å². The number of amides is 1. The van der Waals surface area contributed by atoms with Crippen LogP contribution in [0.4, 0.5) is 0 Å². The second-order valence-corrected chi connectivity index (χ2v) is 7.18. The largest absolute Gasteiger partial charge is 0.346 e. The van der Waals surface area contributed by atoms with Crippen molar-refractivity contribution in [3.63, 3.8) is 0 Å². The van der Waals surface area contributed by atoms with Crippen molar-refractivity contribution in [2.45, 2.75) is 39.7 Å². The van der Waals surface area contributed by atoms with E-state index in [1.54, 1.807) is 0 Å². The Balaban J connectivity index is 1.71. The molecule has 1 N–H and O–H groups in total. The third kappa shape index (κ3) is 4.85. The van der Waals surface area contributed by atoms with Crippen LogP contribution in [0.25, 0.3) is 0 Å². The predicted molar refractivity (Wildman–Crippen MR) is 112 cm³/mol. The van der Waals surface area contributed by atoms with Gasteiger partial charge in [0.25, 0.3) is 5.91 Å². The summed E-state index contributed by atoms with van der Waals surface area (Å²) in [6.07, 6.45) is 1.78. The number of hydrogen-bond donors (Lipinski definition) is 1. The molecule has 0 aliphatic heterocycles. The molecule has 0 saturated carbocycles. The van der Waals surface area contributed by atoms with Crippen molar-refractivity contribution in [2.24, 2.45) is 0 Å². The topological polar surface area (TPSA) is 29.1 Å². The van der Waals surface area contributed by atoms with Gasteiger partial charge < -0.3 is 5.32 Å². The molecule has 0 aromatic heterocycles. The standard InChI is InChI=1S/C25H27NO/c1-18-13-15-23(17-19(18)2)20(3)26-25(27)24-12-8-7-11-22(24)16-14-21-9-5-4-6-10-21/h4-13,15,17,20H,14,16H2,1-3H3,(H,26,27)/t20-/m1/s1. The Morgan fingerprint density at radius 2 is 1.56 bits per heavy atom. The van der Waals surface area contributed by atoms with E-state index < -0.39 is 0 Å². The van der Waals surface area contributed by atoms with Crippen LogP contribution in [-0.4, -0.2) is 5.91 Å².